The van der Waals surface area contributed by atoms with Gasteiger partial charge < -0.3 is 9.47 Å². The van der Waals surface area contributed by atoms with Gasteiger partial charge in [0.05, 0.1) is 25.7 Å². The summed E-state index contributed by atoms with van der Waals surface area (Å²) < 4.78 is 10.3. The van der Waals surface area contributed by atoms with E-state index in [9.17, 15) is 4.79 Å². The number of ether oxygens (including phenoxy) is 2. The normalized spacial score (nSPS) is 27.7. The Labute approximate surface area is 146 Å². The van der Waals surface area contributed by atoms with E-state index in [-0.39, 0.29) is 11.9 Å². The molecule has 1 aliphatic carbocycles. The van der Waals surface area contributed by atoms with Crippen LogP contribution in [0.1, 0.15) is 64.7 Å². The van der Waals surface area contributed by atoms with Gasteiger partial charge in [-0.05, 0) is 50.9 Å². The van der Waals surface area contributed by atoms with Crippen molar-refractivity contribution in [3.05, 3.63) is 0 Å². The number of carbonyl (C=O) groups is 1. The fraction of sp³-hybridized carbons (Fsp3) is 0.895. The van der Waals surface area contributed by atoms with E-state index in [1.54, 1.807) is 7.11 Å². The highest BCUT2D eigenvalue weighted by Crippen LogP contribution is 2.36. The number of rotatable bonds is 9. The lowest BCUT2D eigenvalue weighted by atomic mass is 9.89. The molecule has 24 heavy (non-hydrogen) atoms. The standard InChI is InChI=1S/C19H34N2O3/c1-4-5-9-16(20-21-12-7-10-17(21)14-23-2)13-15-8-6-11-18(15)19(22)24-3/h15,17-18H,4-14H2,1-3H3/b20-16+/t15-,17+,18+/m1/s1. The molecule has 5 nitrogen and oxygen atoms in total. The smallest absolute Gasteiger partial charge is 0.308 e. The van der Waals surface area contributed by atoms with Crippen molar-refractivity contribution in [2.45, 2.75) is 70.8 Å². The Hall–Kier alpha value is -1.10. The van der Waals surface area contributed by atoms with E-state index >= 15 is 0 Å². The Morgan fingerprint density at radius 2 is 2.04 bits per heavy atom. The molecule has 0 aromatic rings. The van der Waals surface area contributed by atoms with Gasteiger partial charge >= 0.3 is 5.97 Å². The fourth-order valence-electron chi connectivity index (χ4n) is 4.11. The lowest BCUT2D eigenvalue weighted by molar-refractivity contribution is -0.146. The van der Waals surface area contributed by atoms with Crippen LogP contribution < -0.4 is 0 Å². The molecule has 0 radical (unpaired) electrons. The van der Waals surface area contributed by atoms with Crippen molar-refractivity contribution in [2.75, 3.05) is 27.4 Å². The topological polar surface area (TPSA) is 51.1 Å². The Morgan fingerprint density at radius 3 is 2.75 bits per heavy atom. The number of methoxy groups -OCH3 is 2. The average Bonchev–Trinajstić information content (AvgIpc) is 3.22. The van der Waals surface area contributed by atoms with Gasteiger partial charge in [0.1, 0.15) is 0 Å². The third-order valence-electron chi connectivity index (χ3n) is 5.45. The minimum absolute atomic E-state index is 0.0363. The maximum Gasteiger partial charge on any atom is 0.308 e. The zero-order valence-electron chi connectivity index (χ0n) is 15.6. The van der Waals surface area contributed by atoms with Crippen molar-refractivity contribution < 1.29 is 14.3 Å². The third kappa shape index (κ3) is 5.20. The molecule has 2 aliphatic rings. The number of nitrogens with zero attached hydrogens (tertiary/aromatic N) is 2. The summed E-state index contributed by atoms with van der Waals surface area (Å²) in [4.78, 5) is 12.0. The molecule has 5 heteroatoms. The Bertz CT molecular complexity index is 425. The van der Waals surface area contributed by atoms with Gasteiger partial charge in [0, 0.05) is 19.4 Å². The molecule has 2 fully saturated rings. The van der Waals surface area contributed by atoms with Crippen LogP contribution in [0.5, 0.6) is 0 Å². The molecule has 138 valence electrons. The summed E-state index contributed by atoms with van der Waals surface area (Å²) in [7, 11) is 3.26. The van der Waals surface area contributed by atoms with E-state index in [1.807, 2.05) is 0 Å². The molecule has 2 rings (SSSR count). The van der Waals surface area contributed by atoms with Crippen molar-refractivity contribution >= 4 is 11.7 Å². The summed E-state index contributed by atoms with van der Waals surface area (Å²) in [6.45, 7) is 3.99. The number of carbonyl (C=O) groups excluding carboxylic acids is 1. The second-order valence-corrected chi connectivity index (χ2v) is 7.21. The van der Waals surface area contributed by atoms with E-state index in [0.29, 0.717) is 12.0 Å². The Morgan fingerprint density at radius 1 is 1.21 bits per heavy atom. The molecule has 1 saturated carbocycles. The van der Waals surface area contributed by atoms with E-state index in [1.165, 1.54) is 25.7 Å². The molecule has 1 heterocycles. The van der Waals surface area contributed by atoms with Gasteiger partial charge in [-0.25, -0.2) is 0 Å². The maximum atomic E-state index is 12.0. The first-order chi connectivity index (χ1) is 11.7. The summed E-state index contributed by atoms with van der Waals surface area (Å²) in [6, 6.07) is 0.409. The van der Waals surface area contributed by atoms with E-state index < -0.39 is 0 Å². The summed E-state index contributed by atoms with van der Waals surface area (Å²) in [5, 5.41) is 7.25. The fourth-order valence-corrected chi connectivity index (χ4v) is 4.11. The number of unbranched alkanes of at least 4 members (excludes halogenated alkanes) is 1. The highest BCUT2D eigenvalue weighted by atomic mass is 16.5. The molecule has 1 aliphatic heterocycles. The maximum absolute atomic E-state index is 12.0. The molecule has 3 atom stereocenters. The second kappa shape index (κ2) is 10.0. The van der Waals surface area contributed by atoms with Crippen LogP contribution in [0.2, 0.25) is 0 Å². The van der Waals surface area contributed by atoms with Crippen molar-refractivity contribution in [1.29, 1.82) is 0 Å². The van der Waals surface area contributed by atoms with Crippen LogP contribution in [0, 0.1) is 11.8 Å². The predicted molar refractivity (Wildman–Crippen MR) is 96.0 cm³/mol. The summed E-state index contributed by atoms with van der Waals surface area (Å²) >= 11 is 0. The van der Waals surface area contributed by atoms with Crippen LogP contribution in [0.3, 0.4) is 0 Å². The van der Waals surface area contributed by atoms with E-state index in [0.717, 1.165) is 58.1 Å². The van der Waals surface area contributed by atoms with Gasteiger partial charge in [0.2, 0.25) is 0 Å². The highest BCUT2D eigenvalue weighted by Gasteiger charge is 2.34. The van der Waals surface area contributed by atoms with Gasteiger partial charge in [0.15, 0.2) is 0 Å². The van der Waals surface area contributed by atoms with Gasteiger partial charge in [-0.1, -0.05) is 19.8 Å². The predicted octanol–water partition coefficient (Wildman–Crippen LogP) is 3.62. The molecule has 0 aromatic carbocycles. The molecule has 0 amide bonds. The zero-order valence-corrected chi connectivity index (χ0v) is 15.6. The Kier molecular flexibility index (Phi) is 8.03. The lowest BCUT2D eigenvalue weighted by Gasteiger charge is -2.24. The first-order valence-corrected chi connectivity index (χ1v) is 9.59. The molecular formula is C19H34N2O3. The first kappa shape index (κ1) is 19.2. The van der Waals surface area contributed by atoms with Gasteiger partial charge in [0.25, 0.3) is 0 Å². The van der Waals surface area contributed by atoms with Gasteiger partial charge in [-0.15, -0.1) is 0 Å². The molecule has 0 spiro atoms. The molecule has 0 unspecified atom stereocenters. The molecule has 0 aromatic heterocycles. The molecule has 1 saturated heterocycles. The lowest BCUT2D eigenvalue weighted by Crippen LogP contribution is -2.30. The van der Waals surface area contributed by atoms with Gasteiger partial charge in [-0.2, -0.15) is 5.10 Å². The van der Waals surface area contributed by atoms with E-state index in [2.05, 4.69) is 11.9 Å². The molecule has 0 N–H and O–H groups in total. The van der Waals surface area contributed by atoms with Crippen molar-refractivity contribution in [2.24, 2.45) is 16.9 Å². The van der Waals surface area contributed by atoms with E-state index in [4.69, 9.17) is 14.6 Å². The van der Waals surface area contributed by atoms with Crippen molar-refractivity contribution in [3.63, 3.8) is 0 Å². The zero-order chi connectivity index (χ0) is 17.4. The summed E-state index contributed by atoms with van der Waals surface area (Å²) in [5.74, 6) is 0.428. The minimum Gasteiger partial charge on any atom is -0.469 e. The SMILES string of the molecule is CCCC/C(C[C@H]1CCC[C@@H]1C(=O)OC)=N\N1CCC[C@H]1COC. The van der Waals surface area contributed by atoms with Crippen LogP contribution in [0.25, 0.3) is 0 Å². The minimum atomic E-state index is -0.0363. The molecule has 0 bridgehead atoms. The quantitative estimate of drug-likeness (QED) is 0.476. The van der Waals surface area contributed by atoms with Crippen LogP contribution in [0.15, 0.2) is 5.10 Å². The third-order valence-corrected chi connectivity index (χ3v) is 5.45. The second-order valence-electron chi connectivity index (χ2n) is 7.21. The average molecular weight is 338 g/mol. The van der Waals surface area contributed by atoms with Gasteiger partial charge in [-0.3, -0.25) is 9.80 Å². The van der Waals surface area contributed by atoms with Crippen LogP contribution in [-0.4, -0.2) is 50.1 Å². The van der Waals surface area contributed by atoms with Crippen molar-refractivity contribution in [1.82, 2.24) is 5.01 Å². The number of hydrazone groups is 1. The monoisotopic (exact) mass is 338 g/mol. The van der Waals surface area contributed by atoms with Crippen LogP contribution in [0.4, 0.5) is 0 Å². The first-order valence-electron chi connectivity index (χ1n) is 9.59. The largest absolute Gasteiger partial charge is 0.469 e. The van der Waals surface area contributed by atoms with Crippen molar-refractivity contribution in [3.8, 4) is 0 Å². The summed E-state index contributed by atoms with van der Waals surface area (Å²) in [5.41, 5.74) is 1.26. The Balaban J connectivity index is 2.04. The van der Waals surface area contributed by atoms with Crippen LogP contribution >= 0.6 is 0 Å². The summed E-state index contributed by atoms with van der Waals surface area (Å²) in [6.07, 6.45) is 9.87. The number of hydrogen-bond acceptors (Lipinski definition) is 5. The number of esters is 1. The van der Waals surface area contributed by atoms with Crippen LogP contribution in [-0.2, 0) is 14.3 Å². The molecular weight excluding hydrogens is 304 g/mol. The number of hydrogen-bond donors (Lipinski definition) is 0. The highest BCUT2D eigenvalue weighted by molar-refractivity contribution is 5.85.